The molecule has 0 aliphatic carbocycles. The van der Waals surface area contributed by atoms with Gasteiger partial charge in [-0.1, -0.05) is 23.7 Å². The molecule has 3 aromatic rings. The number of primary amides is 1. The first-order valence-corrected chi connectivity index (χ1v) is 8.17. The summed E-state index contributed by atoms with van der Waals surface area (Å²) in [7, 11) is 0. The van der Waals surface area contributed by atoms with E-state index in [1.54, 1.807) is 30.3 Å². The SMILES string of the molecule is Cc1cc(=O)oc2cc(OCc3cccc(OCC(N)=O)c3)c(Cl)cc12. The van der Waals surface area contributed by atoms with E-state index in [0.29, 0.717) is 22.1 Å². The van der Waals surface area contributed by atoms with E-state index in [2.05, 4.69) is 0 Å². The number of ether oxygens (including phenoxy) is 2. The third-order valence-corrected chi connectivity index (χ3v) is 3.97. The minimum atomic E-state index is -0.550. The molecule has 0 spiro atoms. The van der Waals surface area contributed by atoms with Crippen LogP contribution in [0, 0.1) is 6.92 Å². The summed E-state index contributed by atoms with van der Waals surface area (Å²) >= 11 is 6.28. The molecule has 0 unspecified atom stereocenters. The van der Waals surface area contributed by atoms with Gasteiger partial charge in [-0.25, -0.2) is 4.79 Å². The number of amides is 1. The third-order valence-electron chi connectivity index (χ3n) is 3.68. The number of hydrogen-bond acceptors (Lipinski definition) is 5. The monoisotopic (exact) mass is 373 g/mol. The van der Waals surface area contributed by atoms with E-state index in [0.717, 1.165) is 16.5 Å². The van der Waals surface area contributed by atoms with Crippen molar-refractivity contribution in [2.75, 3.05) is 6.61 Å². The van der Waals surface area contributed by atoms with E-state index < -0.39 is 11.5 Å². The lowest BCUT2D eigenvalue weighted by Gasteiger charge is -2.11. The van der Waals surface area contributed by atoms with Crippen molar-refractivity contribution in [2.24, 2.45) is 5.73 Å². The molecule has 1 aromatic heterocycles. The molecule has 2 aromatic carbocycles. The number of fused-ring (bicyclic) bond motifs is 1. The van der Waals surface area contributed by atoms with Gasteiger partial charge in [-0.3, -0.25) is 4.79 Å². The van der Waals surface area contributed by atoms with Crippen LogP contribution in [0.1, 0.15) is 11.1 Å². The summed E-state index contributed by atoms with van der Waals surface area (Å²) in [6, 6.07) is 11.8. The highest BCUT2D eigenvalue weighted by atomic mass is 35.5. The molecule has 0 saturated heterocycles. The summed E-state index contributed by atoms with van der Waals surface area (Å²) in [6.45, 7) is 1.84. The van der Waals surface area contributed by atoms with Crippen molar-refractivity contribution in [3.63, 3.8) is 0 Å². The number of nitrogens with two attached hydrogens (primary N) is 1. The Morgan fingerprint density at radius 1 is 1.19 bits per heavy atom. The Kier molecular flexibility index (Phi) is 5.14. The zero-order valence-electron chi connectivity index (χ0n) is 14.0. The first-order chi connectivity index (χ1) is 12.4. The zero-order chi connectivity index (χ0) is 18.7. The van der Waals surface area contributed by atoms with E-state index in [1.165, 1.54) is 6.07 Å². The molecular weight excluding hydrogens is 358 g/mol. The van der Waals surface area contributed by atoms with Gasteiger partial charge < -0.3 is 19.6 Å². The minimum Gasteiger partial charge on any atom is -0.487 e. The van der Waals surface area contributed by atoms with Gasteiger partial charge in [-0.15, -0.1) is 0 Å². The normalized spacial score (nSPS) is 10.7. The lowest BCUT2D eigenvalue weighted by atomic mass is 10.1. The molecule has 0 fully saturated rings. The quantitative estimate of drug-likeness (QED) is 0.670. The van der Waals surface area contributed by atoms with Gasteiger partial charge in [0.1, 0.15) is 23.7 Å². The fraction of sp³-hybridized carbons (Fsp3) is 0.158. The number of rotatable bonds is 6. The molecule has 7 heteroatoms. The summed E-state index contributed by atoms with van der Waals surface area (Å²) < 4.78 is 16.2. The Hall–Kier alpha value is -2.99. The van der Waals surface area contributed by atoms with Gasteiger partial charge >= 0.3 is 5.63 Å². The van der Waals surface area contributed by atoms with Gasteiger partial charge in [0, 0.05) is 17.5 Å². The van der Waals surface area contributed by atoms with Crippen molar-refractivity contribution in [1.82, 2.24) is 0 Å². The maximum absolute atomic E-state index is 11.5. The number of carbonyl (C=O) groups is 1. The molecule has 1 amide bonds. The molecule has 3 rings (SSSR count). The summed E-state index contributed by atoms with van der Waals surface area (Å²) in [4.78, 5) is 22.3. The topological polar surface area (TPSA) is 91.8 Å². The Balaban J connectivity index is 1.79. The van der Waals surface area contributed by atoms with Crippen LogP contribution in [-0.4, -0.2) is 12.5 Å². The van der Waals surface area contributed by atoms with Crippen LogP contribution in [0.3, 0.4) is 0 Å². The van der Waals surface area contributed by atoms with Crippen LogP contribution < -0.4 is 20.8 Å². The molecule has 0 bridgehead atoms. The lowest BCUT2D eigenvalue weighted by Crippen LogP contribution is -2.20. The van der Waals surface area contributed by atoms with Crippen LogP contribution in [-0.2, 0) is 11.4 Å². The predicted molar refractivity (Wildman–Crippen MR) is 97.7 cm³/mol. The first-order valence-electron chi connectivity index (χ1n) is 7.79. The van der Waals surface area contributed by atoms with Crippen molar-refractivity contribution in [2.45, 2.75) is 13.5 Å². The highest BCUT2D eigenvalue weighted by molar-refractivity contribution is 6.32. The third kappa shape index (κ3) is 4.15. The largest absolute Gasteiger partial charge is 0.487 e. The van der Waals surface area contributed by atoms with Gasteiger partial charge in [0.25, 0.3) is 5.91 Å². The second kappa shape index (κ2) is 7.49. The summed E-state index contributed by atoms with van der Waals surface area (Å²) in [5, 5.41) is 1.17. The second-order valence-corrected chi connectivity index (χ2v) is 6.13. The average Bonchev–Trinajstić information content (AvgIpc) is 2.59. The Bertz CT molecular complexity index is 1030. The van der Waals surface area contributed by atoms with E-state index in [9.17, 15) is 9.59 Å². The Labute approximate surface area is 154 Å². The second-order valence-electron chi connectivity index (χ2n) is 5.72. The van der Waals surface area contributed by atoms with Crippen molar-refractivity contribution >= 4 is 28.5 Å². The van der Waals surface area contributed by atoms with E-state index in [-0.39, 0.29) is 13.2 Å². The molecule has 0 aliphatic rings. The van der Waals surface area contributed by atoms with Gasteiger partial charge in [0.05, 0.1) is 5.02 Å². The number of hydrogen-bond donors (Lipinski definition) is 1. The van der Waals surface area contributed by atoms with Crippen LogP contribution in [0.5, 0.6) is 11.5 Å². The number of aryl methyl sites for hydroxylation is 1. The molecule has 0 radical (unpaired) electrons. The summed E-state index contributed by atoms with van der Waals surface area (Å²) in [5.41, 5.74) is 6.64. The van der Waals surface area contributed by atoms with Crippen LogP contribution in [0.2, 0.25) is 5.02 Å². The van der Waals surface area contributed by atoms with Crippen LogP contribution in [0.15, 0.2) is 51.7 Å². The fourth-order valence-corrected chi connectivity index (χ4v) is 2.69. The first kappa shape index (κ1) is 17.8. The zero-order valence-corrected chi connectivity index (χ0v) is 14.7. The van der Waals surface area contributed by atoms with E-state index in [4.69, 9.17) is 31.2 Å². The smallest absolute Gasteiger partial charge is 0.336 e. The van der Waals surface area contributed by atoms with Crippen molar-refractivity contribution in [3.8, 4) is 11.5 Å². The van der Waals surface area contributed by atoms with Gasteiger partial charge in [0.2, 0.25) is 0 Å². The van der Waals surface area contributed by atoms with Crippen LogP contribution in [0.4, 0.5) is 0 Å². The number of benzene rings is 2. The molecule has 26 heavy (non-hydrogen) atoms. The van der Waals surface area contributed by atoms with Crippen molar-refractivity contribution in [1.29, 1.82) is 0 Å². The highest BCUT2D eigenvalue weighted by Gasteiger charge is 2.10. The minimum absolute atomic E-state index is 0.195. The molecule has 2 N–H and O–H groups in total. The van der Waals surface area contributed by atoms with Gasteiger partial charge in [0.15, 0.2) is 6.61 Å². The molecule has 1 heterocycles. The molecule has 0 aliphatic heterocycles. The number of halogens is 1. The molecular formula is C19H16ClNO5. The lowest BCUT2D eigenvalue weighted by molar-refractivity contribution is -0.119. The summed E-state index contributed by atoms with van der Waals surface area (Å²) in [6.07, 6.45) is 0. The molecule has 6 nitrogen and oxygen atoms in total. The van der Waals surface area contributed by atoms with E-state index in [1.807, 2.05) is 13.0 Å². The van der Waals surface area contributed by atoms with Gasteiger partial charge in [-0.2, -0.15) is 0 Å². The highest BCUT2D eigenvalue weighted by Crippen LogP contribution is 2.31. The molecule has 134 valence electrons. The average molecular weight is 374 g/mol. The molecule has 0 saturated carbocycles. The van der Waals surface area contributed by atoms with Crippen molar-refractivity contribution < 1.29 is 18.7 Å². The standard InChI is InChI=1S/C19H16ClNO5/c1-11-5-19(23)26-16-8-17(15(20)7-14(11)16)25-9-12-3-2-4-13(6-12)24-10-18(21)22/h2-8H,9-10H2,1H3,(H2,21,22). The van der Waals surface area contributed by atoms with E-state index >= 15 is 0 Å². The maximum atomic E-state index is 11.5. The fourth-order valence-electron chi connectivity index (χ4n) is 2.47. The van der Waals surface area contributed by atoms with Crippen LogP contribution in [0.25, 0.3) is 11.0 Å². The maximum Gasteiger partial charge on any atom is 0.336 e. The number of carbonyl (C=O) groups excluding carboxylic acids is 1. The van der Waals surface area contributed by atoms with Crippen molar-refractivity contribution in [3.05, 3.63) is 69.0 Å². The van der Waals surface area contributed by atoms with Crippen LogP contribution >= 0.6 is 11.6 Å². The van der Waals surface area contributed by atoms with Gasteiger partial charge in [-0.05, 0) is 36.2 Å². The predicted octanol–water partition coefficient (Wildman–Crippen LogP) is 3.20. The Morgan fingerprint density at radius 3 is 2.77 bits per heavy atom. The summed E-state index contributed by atoms with van der Waals surface area (Å²) in [5.74, 6) is 0.360. The Morgan fingerprint density at radius 2 is 2.00 bits per heavy atom. The molecule has 0 atom stereocenters.